The van der Waals surface area contributed by atoms with Crippen molar-refractivity contribution in [3.8, 4) is 0 Å². The molecule has 1 aliphatic rings. The Kier molecular flexibility index (Phi) is 4.53. The van der Waals surface area contributed by atoms with Crippen molar-refractivity contribution >= 4 is 10.9 Å². The molecule has 2 aromatic rings. The zero-order chi connectivity index (χ0) is 16.6. The van der Waals surface area contributed by atoms with Gasteiger partial charge in [-0.25, -0.2) is 0 Å². The fraction of sp³-hybridized carbons (Fsp3) is 0.500. The van der Waals surface area contributed by atoms with Crippen LogP contribution >= 0.6 is 0 Å². The Morgan fingerprint density at radius 3 is 2.83 bits per heavy atom. The van der Waals surface area contributed by atoms with Crippen LogP contribution in [0.3, 0.4) is 0 Å². The standard InChI is InChI=1S/C18H25N3O2/c1-11(2)21-9-16(18(23)10-21)19-8-13-7-17(22)14-6-12(3)4-5-15(14)20-13/h4-7,11,16,18-19,23H,8-10H2,1-3H3,(H,20,22)/t16-,18-/m1/s1. The van der Waals surface area contributed by atoms with Gasteiger partial charge in [-0.05, 0) is 32.9 Å². The Hall–Kier alpha value is -1.69. The highest BCUT2D eigenvalue weighted by Crippen LogP contribution is 2.14. The zero-order valence-corrected chi connectivity index (χ0v) is 14.0. The number of likely N-dealkylation sites (tertiary alicyclic amines) is 1. The number of fused-ring (bicyclic) bond motifs is 1. The average molecular weight is 315 g/mol. The van der Waals surface area contributed by atoms with E-state index in [4.69, 9.17) is 0 Å². The van der Waals surface area contributed by atoms with Gasteiger partial charge in [0, 0.05) is 54.4 Å². The summed E-state index contributed by atoms with van der Waals surface area (Å²) in [6, 6.07) is 7.97. The van der Waals surface area contributed by atoms with Gasteiger partial charge in [0.2, 0.25) is 0 Å². The summed E-state index contributed by atoms with van der Waals surface area (Å²) in [6.07, 6.45) is -0.368. The van der Waals surface area contributed by atoms with Crippen LogP contribution in [-0.2, 0) is 6.54 Å². The van der Waals surface area contributed by atoms with E-state index in [2.05, 4.69) is 29.0 Å². The van der Waals surface area contributed by atoms with E-state index in [-0.39, 0.29) is 17.6 Å². The lowest BCUT2D eigenvalue weighted by Crippen LogP contribution is -2.39. The van der Waals surface area contributed by atoms with Crippen LogP contribution in [0.5, 0.6) is 0 Å². The molecule has 0 spiro atoms. The van der Waals surface area contributed by atoms with E-state index in [0.717, 1.165) is 28.7 Å². The molecule has 2 atom stereocenters. The molecule has 1 saturated heterocycles. The zero-order valence-electron chi connectivity index (χ0n) is 14.0. The van der Waals surface area contributed by atoms with Gasteiger partial charge in [0.1, 0.15) is 0 Å². The molecule has 0 amide bonds. The van der Waals surface area contributed by atoms with Crippen LogP contribution in [0.4, 0.5) is 0 Å². The molecule has 124 valence electrons. The predicted molar refractivity (Wildman–Crippen MR) is 92.6 cm³/mol. The van der Waals surface area contributed by atoms with Gasteiger partial charge >= 0.3 is 0 Å². The van der Waals surface area contributed by atoms with Gasteiger partial charge in [-0.2, -0.15) is 0 Å². The Labute approximate surface area is 136 Å². The third-order valence-corrected chi connectivity index (χ3v) is 4.64. The van der Waals surface area contributed by atoms with Gasteiger partial charge in [-0.15, -0.1) is 0 Å². The smallest absolute Gasteiger partial charge is 0.189 e. The number of pyridine rings is 1. The average Bonchev–Trinajstić information content (AvgIpc) is 2.87. The Balaban J connectivity index is 1.73. The maximum atomic E-state index is 12.2. The number of aromatic amines is 1. The maximum absolute atomic E-state index is 12.2. The largest absolute Gasteiger partial charge is 0.390 e. The van der Waals surface area contributed by atoms with E-state index >= 15 is 0 Å². The minimum atomic E-state index is -0.368. The topological polar surface area (TPSA) is 68.4 Å². The lowest BCUT2D eigenvalue weighted by Gasteiger charge is -2.20. The van der Waals surface area contributed by atoms with Gasteiger partial charge in [0.25, 0.3) is 0 Å². The van der Waals surface area contributed by atoms with Crippen molar-refractivity contribution in [1.82, 2.24) is 15.2 Å². The number of rotatable bonds is 4. The monoisotopic (exact) mass is 315 g/mol. The third-order valence-electron chi connectivity index (χ3n) is 4.64. The van der Waals surface area contributed by atoms with Crippen molar-refractivity contribution in [3.05, 3.63) is 45.7 Å². The summed E-state index contributed by atoms with van der Waals surface area (Å²) >= 11 is 0. The molecule has 3 N–H and O–H groups in total. The van der Waals surface area contributed by atoms with Crippen LogP contribution < -0.4 is 10.7 Å². The quantitative estimate of drug-likeness (QED) is 0.797. The molecule has 23 heavy (non-hydrogen) atoms. The highest BCUT2D eigenvalue weighted by Gasteiger charge is 2.31. The van der Waals surface area contributed by atoms with E-state index in [9.17, 15) is 9.90 Å². The van der Waals surface area contributed by atoms with Gasteiger partial charge < -0.3 is 15.4 Å². The second-order valence-electron chi connectivity index (χ2n) is 6.81. The number of benzene rings is 1. The van der Waals surface area contributed by atoms with E-state index in [1.165, 1.54) is 0 Å². The number of aliphatic hydroxyl groups is 1. The molecule has 1 aromatic carbocycles. The predicted octanol–water partition coefficient (Wildman–Crippen LogP) is 1.38. The molecule has 3 rings (SSSR count). The van der Waals surface area contributed by atoms with Crippen molar-refractivity contribution in [2.24, 2.45) is 0 Å². The molecular formula is C18H25N3O2. The molecule has 5 heteroatoms. The van der Waals surface area contributed by atoms with Crippen LogP contribution in [0, 0.1) is 6.92 Å². The van der Waals surface area contributed by atoms with Crippen LogP contribution in [0.1, 0.15) is 25.1 Å². The fourth-order valence-corrected chi connectivity index (χ4v) is 3.19. The highest BCUT2D eigenvalue weighted by molar-refractivity contribution is 5.79. The van der Waals surface area contributed by atoms with E-state index in [1.807, 2.05) is 25.1 Å². The van der Waals surface area contributed by atoms with E-state index < -0.39 is 0 Å². The van der Waals surface area contributed by atoms with E-state index in [1.54, 1.807) is 6.07 Å². The Morgan fingerprint density at radius 2 is 2.13 bits per heavy atom. The van der Waals surface area contributed by atoms with Crippen LogP contribution in [-0.4, -0.2) is 46.3 Å². The van der Waals surface area contributed by atoms with Gasteiger partial charge in [0.05, 0.1) is 6.10 Å². The normalized spacial score (nSPS) is 22.3. The number of aryl methyl sites for hydroxylation is 1. The maximum Gasteiger partial charge on any atom is 0.189 e. The number of H-pyrrole nitrogens is 1. The molecule has 0 aliphatic carbocycles. The first kappa shape index (κ1) is 16.2. The van der Waals surface area contributed by atoms with Crippen LogP contribution in [0.25, 0.3) is 10.9 Å². The summed E-state index contributed by atoms with van der Waals surface area (Å²) in [6.45, 7) is 8.33. The fourth-order valence-electron chi connectivity index (χ4n) is 3.19. The van der Waals surface area contributed by atoms with Crippen molar-refractivity contribution in [2.75, 3.05) is 13.1 Å². The summed E-state index contributed by atoms with van der Waals surface area (Å²) in [5.74, 6) is 0. The molecule has 0 saturated carbocycles. The van der Waals surface area contributed by atoms with Crippen LogP contribution in [0.2, 0.25) is 0 Å². The van der Waals surface area contributed by atoms with Crippen molar-refractivity contribution in [3.63, 3.8) is 0 Å². The lowest BCUT2D eigenvalue weighted by molar-refractivity contribution is 0.148. The number of aliphatic hydroxyl groups excluding tert-OH is 1. The number of hydrogen-bond acceptors (Lipinski definition) is 4. The molecular weight excluding hydrogens is 290 g/mol. The van der Waals surface area contributed by atoms with E-state index in [0.29, 0.717) is 19.1 Å². The Bertz CT molecular complexity index is 754. The first-order chi connectivity index (χ1) is 10.9. The Morgan fingerprint density at radius 1 is 1.35 bits per heavy atom. The molecule has 0 radical (unpaired) electrons. The molecule has 0 bridgehead atoms. The van der Waals surface area contributed by atoms with Crippen molar-refractivity contribution in [2.45, 2.75) is 45.5 Å². The third kappa shape index (κ3) is 3.47. The molecule has 0 unspecified atom stereocenters. The number of nitrogens with zero attached hydrogens (tertiary/aromatic N) is 1. The van der Waals surface area contributed by atoms with Gasteiger partial charge in [-0.3, -0.25) is 9.69 Å². The molecule has 1 aromatic heterocycles. The summed E-state index contributed by atoms with van der Waals surface area (Å²) in [7, 11) is 0. The van der Waals surface area contributed by atoms with Crippen molar-refractivity contribution < 1.29 is 5.11 Å². The summed E-state index contributed by atoms with van der Waals surface area (Å²) in [4.78, 5) is 17.8. The summed E-state index contributed by atoms with van der Waals surface area (Å²) in [5.41, 5.74) is 2.82. The number of aromatic nitrogens is 1. The minimum Gasteiger partial charge on any atom is -0.390 e. The first-order valence-corrected chi connectivity index (χ1v) is 8.22. The highest BCUT2D eigenvalue weighted by atomic mass is 16.3. The second kappa shape index (κ2) is 6.43. The number of nitrogens with one attached hydrogen (secondary N) is 2. The summed E-state index contributed by atoms with van der Waals surface area (Å²) in [5, 5.41) is 14.3. The van der Waals surface area contributed by atoms with Gasteiger partial charge in [-0.1, -0.05) is 11.6 Å². The van der Waals surface area contributed by atoms with Crippen LogP contribution in [0.15, 0.2) is 29.1 Å². The number of β-amino-alcohol motifs (C(OH)–C–C–N with tert-alkyl or cyclic N) is 1. The summed E-state index contributed by atoms with van der Waals surface area (Å²) < 4.78 is 0. The molecule has 1 fully saturated rings. The SMILES string of the molecule is Cc1ccc2[nH]c(CN[C@@H]3CN(C(C)C)C[C@H]3O)cc(=O)c2c1. The second-order valence-corrected chi connectivity index (χ2v) is 6.81. The first-order valence-electron chi connectivity index (χ1n) is 8.22. The number of hydrogen-bond donors (Lipinski definition) is 3. The molecule has 1 aliphatic heterocycles. The molecule has 5 nitrogen and oxygen atoms in total. The molecule has 2 heterocycles. The van der Waals surface area contributed by atoms with Gasteiger partial charge in [0.15, 0.2) is 5.43 Å². The minimum absolute atomic E-state index is 0.0367. The lowest BCUT2D eigenvalue weighted by atomic mass is 10.1. The van der Waals surface area contributed by atoms with Crippen molar-refractivity contribution in [1.29, 1.82) is 0 Å².